The van der Waals surface area contributed by atoms with Crippen LogP contribution in [0.1, 0.15) is 52.4 Å². The highest BCUT2D eigenvalue weighted by atomic mass is 16.1. The van der Waals surface area contributed by atoms with Gasteiger partial charge < -0.3 is 4.90 Å². The molecule has 0 aliphatic carbocycles. The minimum absolute atomic E-state index is 0.258. The van der Waals surface area contributed by atoms with E-state index in [1.165, 1.54) is 25.7 Å². The van der Waals surface area contributed by atoms with Crippen LogP contribution in [0, 0.1) is 5.92 Å². The Morgan fingerprint density at radius 1 is 1.12 bits per heavy atom. The third-order valence-corrected chi connectivity index (χ3v) is 2.97. The van der Waals surface area contributed by atoms with Gasteiger partial charge in [-0.25, -0.2) is 0 Å². The summed E-state index contributed by atoms with van der Waals surface area (Å²) in [4.78, 5) is 14.1. The second kappa shape index (κ2) is 10.5. The molecule has 0 atom stereocenters. The third kappa shape index (κ3) is 9.11. The van der Waals surface area contributed by atoms with Gasteiger partial charge in [-0.1, -0.05) is 45.6 Å². The van der Waals surface area contributed by atoms with Crippen molar-refractivity contribution < 1.29 is 4.79 Å². The smallest absolute Gasteiger partial charge is 0.158 e. The van der Waals surface area contributed by atoms with Gasteiger partial charge in [-0.15, -0.1) is 0 Å². The van der Waals surface area contributed by atoms with Crippen molar-refractivity contribution in [2.75, 3.05) is 20.6 Å². The van der Waals surface area contributed by atoms with E-state index in [1.54, 1.807) is 6.08 Å². The van der Waals surface area contributed by atoms with Gasteiger partial charge in [-0.2, -0.15) is 0 Å². The second-order valence-corrected chi connectivity index (χ2v) is 5.05. The molecule has 0 aliphatic heterocycles. The van der Waals surface area contributed by atoms with Crippen LogP contribution < -0.4 is 0 Å². The van der Waals surface area contributed by atoms with Crippen LogP contribution >= 0.6 is 0 Å². The first kappa shape index (κ1) is 16.4. The van der Waals surface area contributed by atoms with E-state index in [1.807, 2.05) is 20.2 Å². The Labute approximate surface area is 107 Å². The largest absolute Gasteiger partial charge is 0.306 e. The number of unbranched alkanes of at least 4 members (excludes halogenated alkanes) is 2. The minimum atomic E-state index is 0.258. The highest BCUT2D eigenvalue weighted by molar-refractivity contribution is 5.91. The molecule has 0 amide bonds. The van der Waals surface area contributed by atoms with E-state index in [0.29, 0.717) is 5.78 Å². The monoisotopic (exact) mass is 239 g/mol. The van der Waals surface area contributed by atoms with Crippen molar-refractivity contribution in [1.29, 1.82) is 0 Å². The molecule has 0 spiro atoms. The molecule has 2 heteroatoms. The van der Waals surface area contributed by atoms with E-state index in [2.05, 4.69) is 18.7 Å². The molecule has 0 aromatic carbocycles. The number of hydrogen-bond donors (Lipinski definition) is 0. The van der Waals surface area contributed by atoms with Gasteiger partial charge in [0, 0.05) is 12.5 Å². The summed E-state index contributed by atoms with van der Waals surface area (Å²) in [5, 5.41) is 0. The summed E-state index contributed by atoms with van der Waals surface area (Å²) >= 11 is 0. The van der Waals surface area contributed by atoms with Crippen LogP contribution in [0.3, 0.4) is 0 Å². The zero-order chi connectivity index (χ0) is 13.1. The van der Waals surface area contributed by atoms with Crippen molar-refractivity contribution in [3.8, 4) is 0 Å². The molecule has 0 unspecified atom stereocenters. The van der Waals surface area contributed by atoms with E-state index in [-0.39, 0.29) is 5.92 Å². The summed E-state index contributed by atoms with van der Waals surface area (Å²) in [7, 11) is 4.03. The van der Waals surface area contributed by atoms with Gasteiger partial charge in [0.25, 0.3) is 0 Å². The van der Waals surface area contributed by atoms with E-state index in [0.717, 1.165) is 19.4 Å². The molecule has 0 aliphatic rings. The molecule has 0 saturated heterocycles. The van der Waals surface area contributed by atoms with Gasteiger partial charge in [-0.05, 0) is 33.0 Å². The number of carbonyl (C=O) groups excluding carboxylic acids is 1. The van der Waals surface area contributed by atoms with Crippen LogP contribution in [0.2, 0.25) is 0 Å². The molecule has 0 aromatic rings. The first-order valence-electron chi connectivity index (χ1n) is 6.96. The number of likely N-dealkylation sites (N-methyl/N-ethyl adjacent to an activating group) is 1. The van der Waals surface area contributed by atoms with Crippen molar-refractivity contribution in [2.24, 2.45) is 5.92 Å². The molecule has 0 radical (unpaired) electrons. The van der Waals surface area contributed by atoms with Crippen LogP contribution in [-0.2, 0) is 4.79 Å². The number of rotatable bonds is 10. The first-order valence-corrected chi connectivity index (χ1v) is 6.96. The lowest BCUT2D eigenvalue weighted by Gasteiger charge is -2.13. The lowest BCUT2D eigenvalue weighted by molar-refractivity contribution is -0.118. The Balaban J connectivity index is 4.15. The summed E-state index contributed by atoms with van der Waals surface area (Å²) in [5.74, 6) is 0.585. The van der Waals surface area contributed by atoms with Crippen LogP contribution in [0.4, 0.5) is 0 Å². The number of nitrogens with zero attached hydrogens (tertiary/aromatic N) is 1. The standard InChI is InChI=1S/C15H29NO/c1-5-7-10-14(11-8-6-2)15(17)12-9-13-16(3)4/h9,12,14H,5-8,10-11,13H2,1-4H3/b12-9+. The molecule has 0 aromatic heterocycles. The molecule has 2 nitrogen and oxygen atoms in total. The van der Waals surface area contributed by atoms with Gasteiger partial charge in [0.2, 0.25) is 0 Å². The fourth-order valence-corrected chi connectivity index (χ4v) is 1.85. The SMILES string of the molecule is CCCCC(CCCC)C(=O)/C=C/CN(C)C. The van der Waals surface area contributed by atoms with E-state index in [4.69, 9.17) is 0 Å². The van der Waals surface area contributed by atoms with Crippen molar-refractivity contribution in [2.45, 2.75) is 52.4 Å². The van der Waals surface area contributed by atoms with Gasteiger partial charge in [0.05, 0.1) is 0 Å². The minimum Gasteiger partial charge on any atom is -0.306 e. The summed E-state index contributed by atoms with van der Waals surface area (Å²) in [6.07, 6.45) is 10.6. The quantitative estimate of drug-likeness (QED) is 0.542. The van der Waals surface area contributed by atoms with E-state index in [9.17, 15) is 4.79 Å². The van der Waals surface area contributed by atoms with Crippen LogP contribution in [0.15, 0.2) is 12.2 Å². The normalized spacial score (nSPS) is 11.9. The van der Waals surface area contributed by atoms with Gasteiger partial charge in [-0.3, -0.25) is 4.79 Å². The number of carbonyl (C=O) groups is 1. The van der Waals surface area contributed by atoms with Crippen molar-refractivity contribution in [3.63, 3.8) is 0 Å². The van der Waals surface area contributed by atoms with Crippen molar-refractivity contribution in [1.82, 2.24) is 4.90 Å². The molecule has 0 heterocycles. The Morgan fingerprint density at radius 3 is 2.06 bits per heavy atom. The molecule has 0 bridgehead atoms. The maximum atomic E-state index is 12.0. The summed E-state index contributed by atoms with van der Waals surface area (Å²) < 4.78 is 0. The molecule has 0 N–H and O–H groups in total. The Kier molecular flexibility index (Phi) is 10.1. The molecule has 100 valence electrons. The molecule has 0 rings (SSSR count). The molecular weight excluding hydrogens is 210 g/mol. The van der Waals surface area contributed by atoms with Crippen LogP contribution in [0.25, 0.3) is 0 Å². The lowest BCUT2D eigenvalue weighted by Crippen LogP contribution is -2.14. The molecule has 0 saturated carbocycles. The zero-order valence-corrected chi connectivity index (χ0v) is 12.0. The number of allylic oxidation sites excluding steroid dienone is 1. The van der Waals surface area contributed by atoms with Crippen LogP contribution in [0.5, 0.6) is 0 Å². The predicted molar refractivity (Wildman–Crippen MR) is 75.2 cm³/mol. The van der Waals surface area contributed by atoms with Gasteiger partial charge in [0.15, 0.2) is 5.78 Å². The van der Waals surface area contributed by atoms with Gasteiger partial charge >= 0.3 is 0 Å². The Morgan fingerprint density at radius 2 is 1.65 bits per heavy atom. The summed E-state index contributed by atoms with van der Waals surface area (Å²) in [6.45, 7) is 5.21. The topological polar surface area (TPSA) is 20.3 Å². The van der Waals surface area contributed by atoms with E-state index >= 15 is 0 Å². The summed E-state index contributed by atoms with van der Waals surface area (Å²) in [5.41, 5.74) is 0. The average molecular weight is 239 g/mol. The molecule has 17 heavy (non-hydrogen) atoms. The molecule has 0 fully saturated rings. The highest BCUT2D eigenvalue weighted by Crippen LogP contribution is 2.17. The highest BCUT2D eigenvalue weighted by Gasteiger charge is 2.14. The maximum absolute atomic E-state index is 12.0. The first-order chi connectivity index (χ1) is 8.11. The summed E-state index contributed by atoms with van der Waals surface area (Å²) in [6, 6.07) is 0. The average Bonchev–Trinajstić information content (AvgIpc) is 2.28. The van der Waals surface area contributed by atoms with Gasteiger partial charge in [0.1, 0.15) is 0 Å². The van der Waals surface area contributed by atoms with Crippen molar-refractivity contribution >= 4 is 5.78 Å². The third-order valence-electron chi connectivity index (χ3n) is 2.97. The van der Waals surface area contributed by atoms with Crippen molar-refractivity contribution in [3.05, 3.63) is 12.2 Å². The lowest BCUT2D eigenvalue weighted by atomic mass is 9.92. The fourth-order valence-electron chi connectivity index (χ4n) is 1.85. The molecular formula is C15H29NO. The Bertz CT molecular complexity index is 213. The fraction of sp³-hybridized carbons (Fsp3) is 0.800. The predicted octanol–water partition coefficient (Wildman–Crippen LogP) is 3.67. The number of hydrogen-bond acceptors (Lipinski definition) is 2. The number of ketones is 1. The second-order valence-electron chi connectivity index (χ2n) is 5.05. The van der Waals surface area contributed by atoms with Crippen LogP contribution in [-0.4, -0.2) is 31.3 Å². The maximum Gasteiger partial charge on any atom is 0.158 e. The zero-order valence-electron chi connectivity index (χ0n) is 12.0. The Hall–Kier alpha value is -0.630. The van der Waals surface area contributed by atoms with E-state index < -0.39 is 0 Å².